The molecule has 0 aromatic heterocycles. The first kappa shape index (κ1) is 7.60. The molecule has 1 aromatic rings. The summed E-state index contributed by atoms with van der Waals surface area (Å²) in [5.41, 5.74) is 8.20. The fourth-order valence-electron chi connectivity index (χ4n) is 0.835. The lowest BCUT2D eigenvalue weighted by Gasteiger charge is -1.99. The minimum atomic E-state index is -1.04. The third-order valence-electron chi connectivity index (χ3n) is 1.41. The standard InChI is InChI=1S/C8H8NO2/c1-5-2-3-7(9)6(4-5)8(10)11/h2-4,9H,1H3,(H,10,11). The molecule has 2 N–H and O–H groups in total. The van der Waals surface area contributed by atoms with Crippen molar-refractivity contribution in [3.05, 3.63) is 29.3 Å². The zero-order valence-corrected chi connectivity index (χ0v) is 6.09. The van der Waals surface area contributed by atoms with Crippen LogP contribution in [0.2, 0.25) is 0 Å². The largest absolute Gasteiger partial charge is 0.478 e. The van der Waals surface area contributed by atoms with Crippen molar-refractivity contribution >= 4 is 11.7 Å². The molecule has 3 heteroatoms. The molecular formula is C8H8NO2. The van der Waals surface area contributed by atoms with Gasteiger partial charge in [0.15, 0.2) is 0 Å². The second-order valence-electron chi connectivity index (χ2n) is 2.35. The topological polar surface area (TPSA) is 61.1 Å². The molecule has 57 valence electrons. The highest BCUT2D eigenvalue weighted by Crippen LogP contribution is 2.14. The van der Waals surface area contributed by atoms with Crippen LogP contribution in [0.5, 0.6) is 0 Å². The number of aryl methyl sites for hydroxylation is 1. The molecule has 1 rings (SSSR count). The summed E-state index contributed by atoms with van der Waals surface area (Å²) in [6.45, 7) is 1.80. The summed E-state index contributed by atoms with van der Waals surface area (Å²) in [7, 11) is 0. The summed E-state index contributed by atoms with van der Waals surface area (Å²) in [4.78, 5) is 10.5. The van der Waals surface area contributed by atoms with Gasteiger partial charge in [-0.25, -0.2) is 4.79 Å². The lowest BCUT2D eigenvalue weighted by molar-refractivity contribution is 0.0697. The second-order valence-corrected chi connectivity index (χ2v) is 2.35. The number of nitrogens with one attached hydrogen (secondary N) is 1. The number of aromatic carboxylic acids is 1. The Morgan fingerprint density at radius 1 is 1.55 bits per heavy atom. The first-order valence-electron chi connectivity index (χ1n) is 3.17. The Morgan fingerprint density at radius 3 is 2.64 bits per heavy atom. The molecule has 0 unspecified atom stereocenters. The molecule has 1 aromatic carbocycles. The maximum absolute atomic E-state index is 10.5. The molecule has 11 heavy (non-hydrogen) atoms. The highest BCUT2D eigenvalue weighted by molar-refractivity contribution is 5.93. The zero-order chi connectivity index (χ0) is 8.43. The molecule has 0 heterocycles. The van der Waals surface area contributed by atoms with Crippen molar-refractivity contribution in [3.63, 3.8) is 0 Å². The maximum atomic E-state index is 10.5. The summed E-state index contributed by atoms with van der Waals surface area (Å²) in [5, 5.41) is 8.57. The average molecular weight is 150 g/mol. The summed E-state index contributed by atoms with van der Waals surface area (Å²) in [6, 6.07) is 4.69. The number of hydrogen-bond donors (Lipinski definition) is 1. The van der Waals surface area contributed by atoms with Crippen molar-refractivity contribution in [2.24, 2.45) is 0 Å². The Bertz CT molecular complexity index is 294. The van der Waals surface area contributed by atoms with Crippen molar-refractivity contribution in [1.82, 2.24) is 5.73 Å². The van der Waals surface area contributed by atoms with Gasteiger partial charge in [0, 0.05) is 0 Å². The number of benzene rings is 1. The number of carbonyl (C=O) groups is 1. The van der Waals surface area contributed by atoms with Gasteiger partial charge < -0.3 is 10.8 Å². The van der Waals surface area contributed by atoms with Gasteiger partial charge in [-0.1, -0.05) is 11.6 Å². The van der Waals surface area contributed by atoms with Crippen molar-refractivity contribution in [3.8, 4) is 0 Å². The lowest BCUT2D eigenvalue weighted by Crippen LogP contribution is -1.97. The van der Waals surface area contributed by atoms with Crippen molar-refractivity contribution in [1.29, 1.82) is 0 Å². The second kappa shape index (κ2) is 2.62. The van der Waals surface area contributed by atoms with E-state index in [0.717, 1.165) is 5.56 Å². The van der Waals surface area contributed by atoms with E-state index in [1.165, 1.54) is 12.1 Å². The van der Waals surface area contributed by atoms with Crippen molar-refractivity contribution in [2.75, 3.05) is 0 Å². The molecular weight excluding hydrogens is 142 g/mol. The van der Waals surface area contributed by atoms with Crippen LogP contribution in [-0.2, 0) is 0 Å². The Kier molecular flexibility index (Phi) is 1.81. The SMILES string of the molecule is Cc1ccc([NH])c(C(=O)O)c1. The molecule has 0 aliphatic rings. The van der Waals surface area contributed by atoms with E-state index in [9.17, 15) is 4.79 Å². The van der Waals surface area contributed by atoms with Gasteiger partial charge in [-0.3, -0.25) is 0 Å². The summed E-state index contributed by atoms with van der Waals surface area (Å²) in [6.07, 6.45) is 0. The van der Waals surface area contributed by atoms with Crippen LogP contribution in [0, 0.1) is 6.92 Å². The smallest absolute Gasteiger partial charge is 0.337 e. The van der Waals surface area contributed by atoms with Crippen LogP contribution in [0.3, 0.4) is 0 Å². The van der Waals surface area contributed by atoms with Crippen molar-refractivity contribution in [2.45, 2.75) is 6.92 Å². The van der Waals surface area contributed by atoms with Gasteiger partial charge in [0.1, 0.15) is 0 Å². The maximum Gasteiger partial charge on any atom is 0.337 e. The number of rotatable bonds is 1. The van der Waals surface area contributed by atoms with Gasteiger partial charge in [-0.05, 0) is 19.1 Å². The van der Waals surface area contributed by atoms with Crippen LogP contribution in [0.15, 0.2) is 18.2 Å². The summed E-state index contributed by atoms with van der Waals surface area (Å²) >= 11 is 0. The van der Waals surface area contributed by atoms with Crippen LogP contribution in [0.25, 0.3) is 0 Å². The normalized spacial score (nSPS) is 9.55. The van der Waals surface area contributed by atoms with E-state index in [4.69, 9.17) is 10.8 Å². The number of carboxylic acids is 1. The molecule has 0 atom stereocenters. The molecule has 0 aliphatic heterocycles. The number of hydrogen-bond acceptors (Lipinski definition) is 1. The zero-order valence-electron chi connectivity index (χ0n) is 6.09. The Balaban J connectivity index is 3.23. The lowest BCUT2D eigenvalue weighted by atomic mass is 10.1. The van der Waals surface area contributed by atoms with E-state index in [1.807, 2.05) is 0 Å². The summed E-state index contributed by atoms with van der Waals surface area (Å²) in [5.74, 6) is -1.04. The molecule has 0 spiro atoms. The molecule has 1 radical (unpaired) electrons. The molecule has 0 amide bonds. The molecule has 0 fully saturated rings. The minimum absolute atomic E-state index is 0.0584. The molecule has 3 nitrogen and oxygen atoms in total. The highest BCUT2D eigenvalue weighted by atomic mass is 16.4. The molecule has 0 bridgehead atoms. The highest BCUT2D eigenvalue weighted by Gasteiger charge is 2.06. The molecule has 0 saturated carbocycles. The first-order chi connectivity index (χ1) is 5.11. The monoisotopic (exact) mass is 150 g/mol. The van der Waals surface area contributed by atoms with Gasteiger partial charge >= 0.3 is 5.97 Å². The van der Waals surface area contributed by atoms with Gasteiger partial charge in [0.2, 0.25) is 0 Å². The first-order valence-corrected chi connectivity index (χ1v) is 3.17. The number of carboxylic acid groups (broad SMARTS) is 1. The van der Waals surface area contributed by atoms with Gasteiger partial charge in [-0.15, -0.1) is 0 Å². The predicted molar refractivity (Wildman–Crippen MR) is 40.9 cm³/mol. The third kappa shape index (κ3) is 1.49. The molecule has 0 aliphatic carbocycles. The van der Waals surface area contributed by atoms with Crippen LogP contribution in [0.4, 0.5) is 5.69 Å². The van der Waals surface area contributed by atoms with E-state index >= 15 is 0 Å². The van der Waals surface area contributed by atoms with Crippen molar-refractivity contribution < 1.29 is 9.90 Å². The van der Waals surface area contributed by atoms with Crippen LogP contribution in [-0.4, -0.2) is 11.1 Å². The van der Waals surface area contributed by atoms with E-state index in [0.29, 0.717) is 0 Å². The Hall–Kier alpha value is -1.51. The van der Waals surface area contributed by atoms with Crippen LogP contribution < -0.4 is 5.73 Å². The Labute approximate surface area is 64.5 Å². The fraction of sp³-hybridized carbons (Fsp3) is 0.125. The van der Waals surface area contributed by atoms with E-state index in [-0.39, 0.29) is 11.3 Å². The molecule has 0 saturated heterocycles. The quantitative estimate of drug-likeness (QED) is 0.661. The predicted octanol–water partition coefficient (Wildman–Crippen LogP) is 1.61. The minimum Gasteiger partial charge on any atom is -0.478 e. The third-order valence-corrected chi connectivity index (χ3v) is 1.41. The van der Waals surface area contributed by atoms with Gasteiger partial charge in [-0.2, -0.15) is 0 Å². The van der Waals surface area contributed by atoms with E-state index in [1.54, 1.807) is 13.0 Å². The van der Waals surface area contributed by atoms with Gasteiger partial charge in [0.25, 0.3) is 0 Å². The van der Waals surface area contributed by atoms with E-state index < -0.39 is 5.97 Å². The van der Waals surface area contributed by atoms with E-state index in [2.05, 4.69) is 0 Å². The summed E-state index contributed by atoms with van der Waals surface area (Å²) < 4.78 is 0. The van der Waals surface area contributed by atoms with Crippen LogP contribution >= 0.6 is 0 Å². The van der Waals surface area contributed by atoms with Crippen LogP contribution in [0.1, 0.15) is 15.9 Å². The Morgan fingerprint density at radius 2 is 2.18 bits per heavy atom. The van der Waals surface area contributed by atoms with Gasteiger partial charge in [0.05, 0.1) is 11.3 Å². The average Bonchev–Trinajstić information content (AvgIpc) is 1.94. The fourth-order valence-corrected chi connectivity index (χ4v) is 0.835.